The zero-order chi connectivity index (χ0) is 12.5. The molecule has 1 rings (SSSR count). The van der Waals surface area contributed by atoms with Crippen LogP contribution in [-0.2, 0) is 4.79 Å². The van der Waals surface area contributed by atoms with E-state index in [-0.39, 0.29) is 18.5 Å². The molecule has 0 bridgehead atoms. The van der Waals surface area contributed by atoms with Gasteiger partial charge >= 0.3 is 0 Å². The molecule has 0 heterocycles. The lowest BCUT2D eigenvalue weighted by Gasteiger charge is -2.13. The number of rotatable bonds is 6. The van der Waals surface area contributed by atoms with Gasteiger partial charge in [0.05, 0.1) is 19.0 Å². The molecule has 1 atom stereocenters. The Balaban J connectivity index is 2.27. The molecule has 1 aromatic rings. The predicted molar refractivity (Wildman–Crippen MR) is 66.1 cm³/mol. The third-order valence-corrected chi connectivity index (χ3v) is 2.43. The quantitative estimate of drug-likeness (QED) is 0.727. The maximum atomic E-state index is 11.4. The molecule has 0 saturated carbocycles. The van der Waals surface area contributed by atoms with Gasteiger partial charge < -0.3 is 10.6 Å². The van der Waals surface area contributed by atoms with Crippen molar-refractivity contribution in [2.24, 2.45) is 0 Å². The average Bonchev–Trinajstić information content (AvgIpc) is 2.37. The van der Waals surface area contributed by atoms with Crippen LogP contribution in [0.5, 0.6) is 0 Å². The van der Waals surface area contributed by atoms with Crippen LogP contribution in [0.3, 0.4) is 0 Å². The summed E-state index contributed by atoms with van der Waals surface area (Å²) in [6, 6.07) is 12.1. The summed E-state index contributed by atoms with van der Waals surface area (Å²) in [4.78, 5) is 11.4. The van der Waals surface area contributed by atoms with Crippen LogP contribution < -0.4 is 10.6 Å². The van der Waals surface area contributed by atoms with E-state index in [1.165, 1.54) is 0 Å². The minimum atomic E-state index is -0.0805. The van der Waals surface area contributed by atoms with Crippen molar-refractivity contribution in [1.29, 1.82) is 5.26 Å². The fourth-order valence-electron chi connectivity index (χ4n) is 1.43. The van der Waals surface area contributed by atoms with E-state index < -0.39 is 0 Å². The van der Waals surface area contributed by atoms with Crippen LogP contribution in [0.15, 0.2) is 30.3 Å². The Morgan fingerprint density at radius 2 is 2.12 bits per heavy atom. The largest absolute Gasteiger partial charge is 0.354 e. The zero-order valence-electron chi connectivity index (χ0n) is 9.94. The number of nitrogens with one attached hydrogen (secondary N) is 2. The van der Waals surface area contributed by atoms with Crippen LogP contribution in [0, 0.1) is 11.3 Å². The van der Waals surface area contributed by atoms with Gasteiger partial charge in [-0.25, -0.2) is 0 Å². The highest BCUT2D eigenvalue weighted by atomic mass is 16.1. The third kappa shape index (κ3) is 5.14. The highest BCUT2D eigenvalue weighted by Gasteiger charge is 2.06. The molecule has 1 amide bonds. The van der Waals surface area contributed by atoms with Crippen LogP contribution >= 0.6 is 0 Å². The van der Waals surface area contributed by atoms with Gasteiger partial charge in [0, 0.05) is 12.6 Å². The lowest BCUT2D eigenvalue weighted by Crippen LogP contribution is -2.35. The van der Waals surface area contributed by atoms with Gasteiger partial charge in [0.2, 0.25) is 5.91 Å². The Morgan fingerprint density at radius 3 is 2.76 bits per heavy atom. The molecule has 0 spiro atoms. The minimum Gasteiger partial charge on any atom is -0.354 e. The summed E-state index contributed by atoms with van der Waals surface area (Å²) in [6.07, 6.45) is 0.347. The maximum absolute atomic E-state index is 11.4. The van der Waals surface area contributed by atoms with E-state index in [2.05, 4.69) is 10.6 Å². The summed E-state index contributed by atoms with van der Waals surface area (Å²) in [5.74, 6) is -0.0805. The van der Waals surface area contributed by atoms with Crippen molar-refractivity contribution in [2.45, 2.75) is 19.4 Å². The number of nitriles is 1. The number of nitrogens with zero attached hydrogens (tertiary/aromatic N) is 1. The van der Waals surface area contributed by atoms with Crippen molar-refractivity contribution in [3.63, 3.8) is 0 Å². The van der Waals surface area contributed by atoms with Crippen molar-refractivity contribution >= 4 is 5.91 Å². The van der Waals surface area contributed by atoms with Gasteiger partial charge in [-0.05, 0) is 12.5 Å². The first-order chi connectivity index (χ1) is 8.24. The molecule has 0 aliphatic rings. The molecule has 0 aliphatic carbocycles. The highest BCUT2D eigenvalue weighted by molar-refractivity contribution is 5.78. The van der Waals surface area contributed by atoms with Crippen molar-refractivity contribution in [3.05, 3.63) is 35.9 Å². The van der Waals surface area contributed by atoms with E-state index in [4.69, 9.17) is 5.26 Å². The number of hydrogen-bond acceptors (Lipinski definition) is 3. The van der Waals surface area contributed by atoms with Gasteiger partial charge in [-0.1, -0.05) is 30.3 Å². The number of carbonyl (C=O) groups excluding carboxylic acids is 1. The Labute approximate surface area is 102 Å². The lowest BCUT2D eigenvalue weighted by molar-refractivity contribution is -0.120. The van der Waals surface area contributed by atoms with E-state index in [9.17, 15) is 4.79 Å². The first-order valence-electron chi connectivity index (χ1n) is 5.66. The van der Waals surface area contributed by atoms with Crippen molar-refractivity contribution in [3.8, 4) is 6.07 Å². The number of carbonyl (C=O) groups is 1. The van der Waals surface area contributed by atoms with Crippen molar-refractivity contribution < 1.29 is 4.79 Å². The van der Waals surface area contributed by atoms with Gasteiger partial charge in [0.25, 0.3) is 0 Å². The zero-order valence-corrected chi connectivity index (χ0v) is 9.94. The van der Waals surface area contributed by atoms with E-state index in [1.807, 2.05) is 43.3 Å². The molecule has 0 unspecified atom stereocenters. The summed E-state index contributed by atoms with van der Waals surface area (Å²) in [6.45, 7) is 2.69. The SMILES string of the molecule is C[C@@H](NCC(=O)NCCC#N)c1ccccc1. The standard InChI is InChI=1S/C13H17N3O/c1-11(12-6-3-2-4-7-12)16-10-13(17)15-9-5-8-14/h2-4,6-7,11,16H,5,9-10H2,1H3,(H,15,17)/t11-/m1/s1. The molecule has 0 radical (unpaired) electrons. The molecule has 4 heteroatoms. The fourth-order valence-corrected chi connectivity index (χ4v) is 1.43. The molecule has 17 heavy (non-hydrogen) atoms. The Hall–Kier alpha value is -1.86. The summed E-state index contributed by atoms with van der Waals surface area (Å²) in [7, 11) is 0. The Bertz CT molecular complexity index is 383. The second-order valence-electron chi connectivity index (χ2n) is 3.77. The summed E-state index contributed by atoms with van der Waals surface area (Å²) < 4.78 is 0. The Kier molecular flexibility index (Phi) is 5.76. The highest BCUT2D eigenvalue weighted by Crippen LogP contribution is 2.10. The average molecular weight is 231 g/mol. The number of amides is 1. The van der Waals surface area contributed by atoms with Gasteiger partial charge in [-0.15, -0.1) is 0 Å². The molecule has 1 aromatic carbocycles. The smallest absolute Gasteiger partial charge is 0.234 e. The van der Waals surface area contributed by atoms with Gasteiger partial charge in [0.1, 0.15) is 0 Å². The molecule has 0 saturated heterocycles. The van der Waals surface area contributed by atoms with Crippen molar-refractivity contribution in [2.75, 3.05) is 13.1 Å². The minimum absolute atomic E-state index is 0.0805. The monoisotopic (exact) mass is 231 g/mol. The molecular formula is C13H17N3O. The first kappa shape index (κ1) is 13.2. The van der Waals surface area contributed by atoms with E-state index in [0.717, 1.165) is 5.56 Å². The second kappa shape index (κ2) is 7.42. The fraction of sp³-hybridized carbons (Fsp3) is 0.385. The molecular weight excluding hydrogens is 214 g/mol. The van der Waals surface area contributed by atoms with Crippen LogP contribution in [0.2, 0.25) is 0 Å². The number of benzene rings is 1. The van der Waals surface area contributed by atoms with Gasteiger partial charge in [-0.3, -0.25) is 4.79 Å². The van der Waals surface area contributed by atoms with E-state index >= 15 is 0 Å². The summed E-state index contributed by atoms with van der Waals surface area (Å²) in [5, 5.41) is 14.1. The lowest BCUT2D eigenvalue weighted by atomic mass is 10.1. The number of hydrogen-bond donors (Lipinski definition) is 2. The predicted octanol–water partition coefficient (Wildman–Crippen LogP) is 1.37. The van der Waals surface area contributed by atoms with E-state index in [1.54, 1.807) is 0 Å². The molecule has 0 aromatic heterocycles. The molecule has 90 valence electrons. The summed E-state index contributed by atoms with van der Waals surface area (Å²) >= 11 is 0. The van der Waals surface area contributed by atoms with Gasteiger partial charge in [-0.2, -0.15) is 5.26 Å². The van der Waals surface area contributed by atoms with Crippen LogP contribution in [0.4, 0.5) is 0 Å². The summed E-state index contributed by atoms with van der Waals surface area (Å²) in [5.41, 5.74) is 1.15. The van der Waals surface area contributed by atoms with Crippen LogP contribution in [0.1, 0.15) is 24.9 Å². The Morgan fingerprint density at radius 1 is 1.41 bits per heavy atom. The first-order valence-corrected chi connectivity index (χ1v) is 5.66. The second-order valence-corrected chi connectivity index (χ2v) is 3.77. The van der Waals surface area contributed by atoms with Gasteiger partial charge in [0.15, 0.2) is 0 Å². The molecule has 0 fully saturated rings. The van der Waals surface area contributed by atoms with Crippen molar-refractivity contribution in [1.82, 2.24) is 10.6 Å². The third-order valence-electron chi connectivity index (χ3n) is 2.43. The van der Waals surface area contributed by atoms with Crippen LogP contribution in [-0.4, -0.2) is 19.0 Å². The van der Waals surface area contributed by atoms with Crippen LogP contribution in [0.25, 0.3) is 0 Å². The topological polar surface area (TPSA) is 64.9 Å². The normalized spacial score (nSPS) is 11.5. The maximum Gasteiger partial charge on any atom is 0.234 e. The molecule has 4 nitrogen and oxygen atoms in total. The molecule has 2 N–H and O–H groups in total. The molecule has 0 aliphatic heterocycles. The van der Waals surface area contributed by atoms with E-state index in [0.29, 0.717) is 13.0 Å².